The van der Waals surface area contributed by atoms with Crippen molar-refractivity contribution in [1.29, 1.82) is 0 Å². The molecule has 3 aromatic carbocycles. The molecule has 0 saturated heterocycles. The highest BCUT2D eigenvalue weighted by atomic mass is 19.4. The van der Waals surface area contributed by atoms with E-state index in [0.29, 0.717) is 5.56 Å². The maximum atomic E-state index is 13.1. The largest absolute Gasteiger partial charge is 0.456 e. The van der Waals surface area contributed by atoms with E-state index in [-0.39, 0.29) is 29.5 Å². The van der Waals surface area contributed by atoms with E-state index in [1.807, 2.05) is 30.3 Å². The van der Waals surface area contributed by atoms with E-state index in [0.717, 1.165) is 17.7 Å². The summed E-state index contributed by atoms with van der Waals surface area (Å²) in [6.07, 6.45) is -4.51. The summed E-state index contributed by atoms with van der Waals surface area (Å²) in [5.74, 6) is -0.702. The number of carbonyl (C=O) groups excluding carboxylic acids is 1. The third-order valence-corrected chi connectivity index (χ3v) is 4.51. The van der Waals surface area contributed by atoms with Gasteiger partial charge in [-0.25, -0.2) is 9.78 Å². The molecule has 0 spiro atoms. The average Bonchev–Trinajstić information content (AvgIpc) is 3.24. The quantitative estimate of drug-likeness (QED) is 0.349. The molecule has 0 N–H and O–H groups in total. The summed E-state index contributed by atoms with van der Waals surface area (Å²) in [6, 6.07) is 22.4. The van der Waals surface area contributed by atoms with E-state index in [2.05, 4.69) is 4.98 Å². The van der Waals surface area contributed by atoms with E-state index in [1.165, 1.54) is 12.1 Å². The Morgan fingerprint density at radius 2 is 1.52 bits per heavy atom. The lowest BCUT2D eigenvalue weighted by Gasteiger charge is -2.06. The van der Waals surface area contributed by atoms with Gasteiger partial charge in [-0.1, -0.05) is 66.7 Å². The highest BCUT2D eigenvalue weighted by Gasteiger charge is 2.31. The Balaban J connectivity index is 1.71. The van der Waals surface area contributed by atoms with Gasteiger partial charge in [-0.2, -0.15) is 13.2 Å². The summed E-state index contributed by atoms with van der Waals surface area (Å²) in [7, 11) is 0. The predicted octanol–water partition coefficient (Wildman–Crippen LogP) is 6.38. The van der Waals surface area contributed by atoms with Crippen LogP contribution in [0.15, 0.2) is 89.3 Å². The summed E-state index contributed by atoms with van der Waals surface area (Å²) in [6.45, 7) is 0.0274. The number of benzene rings is 3. The Morgan fingerprint density at radius 3 is 2.19 bits per heavy atom. The van der Waals surface area contributed by atoms with Crippen molar-refractivity contribution in [1.82, 2.24) is 4.98 Å². The molecule has 0 aliphatic rings. The molecular weight excluding hydrogens is 407 g/mol. The topological polar surface area (TPSA) is 52.3 Å². The molecule has 4 aromatic rings. The zero-order chi connectivity index (χ0) is 21.8. The maximum absolute atomic E-state index is 13.1. The van der Waals surface area contributed by atoms with Crippen molar-refractivity contribution in [2.24, 2.45) is 0 Å². The number of esters is 1. The number of carbonyl (C=O) groups is 1. The first kappa shape index (κ1) is 20.4. The smallest absolute Gasteiger partial charge is 0.416 e. The van der Waals surface area contributed by atoms with Crippen molar-refractivity contribution in [3.8, 4) is 22.8 Å². The summed E-state index contributed by atoms with van der Waals surface area (Å²) in [4.78, 5) is 16.9. The molecule has 0 atom stereocenters. The zero-order valence-corrected chi connectivity index (χ0v) is 16.1. The van der Waals surface area contributed by atoms with Crippen LogP contribution >= 0.6 is 0 Å². The van der Waals surface area contributed by atoms with Gasteiger partial charge in [-0.3, -0.25) is 0 Å². The van der Waals surface area contributed by atoms with Crippen molar-refractivity contribution in [2.45, 2.75) is 12.8 Å². The highest BCUT2D eigenvalue weighted by molar-refractivity contribution is 5.94. The van der Waals surface area contributed by atoms with Gasteiger partial charge in [-0.05, 0) is 23.8 Å². The highest BCUT2D eigenvalue weighted by Crippen LogP contribution is 2.34. The summed E-state index contributed by atoms with van der Waals surface area (Å²) in [5.41, 5.74) is 0.514. The van der Waals surface area contributed by atoms with Crippen molar-refractivity contribution < 1.29 is 27.1 Å². The summed E-state index contributed by atoms with van der Waals surface area (Å²) < 4.78 is 50.4. The zero-order valence-electron chi connectivity index (χ0n) is 16.1. The van der Waals surface area contributed by atoms with E-state index < -0.39 is 17.7 Å². The van der Waals surface area contributed by atoms with Crippen molar-refractivity contribution >= 4 is 5.97 Å². The van der Waals surface area contributed by atoms with Crippen LogP contribution < -0.4 is 0 Å². The van der Waals surface area contributed by atoms with Gasteiger partial charge >= 0.3 is 12.1 Å². The van der Waals surface area contributed by atoms with Crippen LogP contribution in [0.4, 0.5) is 13.2 Å². The molecular formula is C24H16F3NO3. The molecule has 0 aliphatic heterocycles. The van der Waals surface area contributed by atoms with Crippen molar-refractivity contribution in [3.05, 3.63) is 102 Å². The number of rotatable bonds is 5. The minimum atomic E-state index is -4.51. The second kappa shape index (κ2) is 8.47. The standard InChI is InChI=1S/C24H16F3NO3/c25-24(26,27)19-13-7-12-18(14-19)22-28-20(21(31-22)17-10-5-2-6-11-17)23(29)30-15-16-8-3-1-4-9-16/h1-14H,15H2. The van der Waals surface area contributed by atoms with Gasteiger partial charge in [0.05, 0.1) is 5.56 Å². The predicted molar refractivity (Wildman–Crippen MR) is 108 cm³/mol. The number of hydrogen-bond donors (Lipinski definition) is 0. The number of alkyl halides is 3. The molecule has 0 bridgehead atoms. The Bertz CT molecular complexity index is 1190. The van der Waals surface area contributed by atoms with Crippen LogP contribution in [0.1, 0.15) is 21.6 Å². The molecule has 156 valence electrons. The Hall–Kier alpha value is -3.87. The van der Waals surface area contributed by atoms with Gasteiger partial charge in [0.2, 0.25) is 5.89 Å². The molecule has 0 amide bonds. The normalized spacial score (nSPS) is 11.3. The van der Waals surface area contributed by atoms with Crippen LogP contribution in [0, 0.1) is 0 Å². The third-order valence-electron chi connectivity index (χ3n) is 4.51. The van der Waals surface area contributed by atoms with E-state index in [1.54, 1.807) is 30.3 Å². The van der Waals surface area contributed by atoms with Gasteiger partial charge in [-0.15, -0.1) is 0 Å². The van der Waals surface area contributed by atoms with Crippen LogP contribution in [-0.2, 0) is 17.5 Å². The van der Waals surface area contributed by atoms with Crippen molar-refractivity contribution in [3.63, 3.8) is 0 Å². The summed E-state index contributed by atoms with van der Waals surface area (Å²) >= 11 is 0. The first-order valence-electron chi connectivity index (χ1n) is 9.37. The van der Waals surface area contributed by atoms with Crippen LogP contribution in [0.5, 0.6) is 0 Å². The molecule has 4 rings (SSSR count). The van der Waals surface area contributed by atoms with Crippen LogP contribution in [-0.4, -0.2) is 11.0 Å². The lowest BCUT2D eigenvalue weighted by molar-refractivity contribution is -0.137. The monoisotopic (exact) mass is 423 g/mol. The minimum Gasteiger partial charge on any atom is -0.456 e. The Labute approximate surface area is 175 Å². The molecule has 31 heavy (non-hydrogen) atoms. The number of aromatic nitrogens is 1. The van der Waals surface area contributed by atoms with E-state index >= 15 is 0 Å². The lowest BCUT2D eigenvalue weighted by Crippen LogP contribution is -2.07. The second-order valence-electron chi connectivity index (χ2n) is 6.70. The van der Waals surface area contributed by atoms with Crippen LogP contribution in [0.25, 0.3) is 22.8 Å². The van der Waals surface area contributed by atoms with Gasteiger partial charge in [0.25, 0.3) is 0 Å². The molecule has 0 aliphatic carbocycles. The first-order chi connectivity index (χ1) is 14.9. The van der Waals surface area contributed by atoms with Gasteiger partial charge in [0.1, 0.15) is 6.61 Å². The lowest BCUT2D eigenvalue weighted by atomic mass is 10.1. The Kier molecular flexibility index (Phi) is 5.58. The number of hydrogen-bond acceptors (Lipinski definition) is 4. The molecule has 0 radical (unpaired) electrons. The van der Waals surface area contributed by atoms with Gasteiger partial charge in [0.15, 0.2) is 11.5 Å². The van der Waals surface area contributed by atoms with Gasteiger partial charge in [0, 0.05) is 11.1 Å². The minimum absolute atomic E-state index is 0.0274. The molecule has 1 heterocycles. The fraction of sp³-hybridized carbons (Fsp3) is 0.0833. The SMILES string of the molecule is O=C(OCc1ccccc1)c1nc(-c2cccc(C(F)(F)F)c2)oc1-c1ccccc1. The van der Waals surface area contributed by atoms with Gasteiger partial charge < -0.3 is 9.15 Å². The fourth-order valence-electron chi connectivity index (χ4n) is 2.99. The first-order valence-corrected chi connectivity index (χ1v) is 9.37. The number of ether oxygens (including phenoxy) is 1. The second-order valence-corrected chi connectivity index (χ2v) is 6.70. The van der Waals surface area contributed by atoms with Crippen molar-refractivity contribution in [2.75, 3.05) is 0 Å². The molecule has 7 heteroatoms. The number of nitrogens with zero attached hydrogens (tertiary/aromatic N) is 1. The number of oxazole rings is 1. The Morgan fingerprint density at radius 1 is 0.871 bits per heavy atom. The summed E-state index contributed by atoms with van der Waals surface area (Å²) in [5, 5.41) is 0. The molecule has 1 aromatic heterocycles. The maximum Gasteiger partial charge on any atom is 0.416 e. The third kappa shape index (κ3) is 4.66. The van der Waals surface area contributed by atoms with E-state index in [4.69, 9.17) is 9.15 Å². The molecule has 0 fully saturated rings. The number of halogens is 3. The average molecular weight is 423 g/mol. The molecule has 0 saturated carbocycles. The molecule has 4 nitrogen and oxygen atoms in total. The van der Waals surface area contributed by atoms with Crippen LogP contribution in [0.2, 0.25) is 0 Å². The van der Waals surface area contributed by atoms with Crippen LogP contribution in [0.3, 0.4) is 0 Å². The van der Waals surface area contributed by atoms with E-state index in [9.17, 15) is 18.0 Å². The molecule has 0 unspecified atom stereocenters. The fourth-order valence-corrected chi connectivity index (χ4v) is 2.99.